The SMILES string of the molecule is CC(=O)OC1CC2CC[C@@H]3[C@@H](CC[C@]4(C)C(OC(C)=O)C([N+]5(C)CCCCCC5)C[C@@H]34)[C@@]2(C)CC1N1CCOCC1. The van der Waals surface area contributed by atoms with E-state index in [0.717, 1.165) is 50.0 Å². The Bertz CT molecular complexity index is 974. The van der Waals surface area contributed by atoms with Gasteiger partial charge in [0, 0.05) is 44.8 Å². The van der Waals surface area contributed by atoms with Crippen LogP contribution < -0.4 is 0 Å². The standard InChI is InChI=1S/C34H57N2O5/c1-23(37)40-31-20-25-10-11-26-27(34(25,4)22-29(31)35-14-18-39-19-15-35)12-13-33(3)28(26)21-30(32(33)41-24(2)38)36(5)16-8-6-7-9-17-36/h25-32H,6-22H2,1-5H3/q+1/t25?,26-,27-,28+,29?,30?,31?,32?,33+,34+/m1/s1. The number of ether oxygens (including phenoxy) is 3. The van der Waals surface area contributed by atoms with Crippen molar-refractivity contribution < 1.29 is 28.3 Å². The maximum absolute atomic E-state index is 12.6. The van der Waals surface area contributed by atoms with Gasteiger partial charge in [-0.15, -0.1) is 0 Å². The number of quaternary nitrogens is 1. The van der Waals surface area contributed by atoms with Gasteiger partial charge in [0.15, 0.2) is 6.10 Å². The summed E-state index contributed by atoms with van der Waals surface area (Å²) in [6.07, 6.45) is 13.5. The van der Waals surface area contributed by atoms with Crippen LogP contribution in [0.2, 0.25) is 0 Å². The molecule has 41 heavy (non-hydrogen) atoms. The largest absolute Gasteiger partial charge is 0.461 e. The molecule has 0 aromatic carbocycles. The summed E-state index contributed by atoms with van der Waals surface area (Å²) in [7, 11) is 2.48. The zero-order chi connectivity index (χ0) is 29.0. The third-order valence-corrected chi connectivity index (χ3v) is 13.6. The average Bonchev–Trinajstić information content (AvgIpc) is 3.06. The molecule has 4 aliphatic carbocycles. The molecule has 6 aliphatic rings. The van der Waals surface area contributed by atoms with Gasteiger partial charge >= 0.3 is 11.9 Å². The third kappa shape index (κ3) is 5.28. The van der Waals surface area contributed by atoms with E-state index in [4.69, 9.17) is 14.2 Å². The molecular formula is C34H57N2O5+. The Kier molecular flexibility index (Phi) is 8.30. The summed E-state index contributed by atoms with van der Waals surface area (Å²) < 4.78 is 19.2. The van der Waals surface area contributed by atoms with Gasteiger partial charge in [0.2, 0.25) is 0 Å². The second kappa shape index (κ2) is 11.4. The molecule has 232 valence electrons. The predicted molar refractivity (Wildman–Crippen MR) is 158 cm³/mol. The summed E-state index contributed by atoms with van der Waals surface area (Å²) in [6, 6.07) is 0.694. The van der Waals surface area contributed by atoms with E-state index in [1.165, 1.54) is 64.5 Å². The number of carbonyl (C=O) groups excluding carboxylic acids is 2. The van der Waals surface area contributed by atoms with Gasteiger partial charge in [-0.3, -0.25) is 14.5 Å². The molecule has 5 unspecified atom stereocenters. The van der Waals surface area contributed by atoms with Gasteiger partial charge in [0.05, 0.1) is 33.4 Å². The lowest BCUT2D eigenvalue weighted by atomic mass is 9.44. The number of likely N-dealkylation sites (N-methyl/N-ethyl adjacent to an activating group) is 1. The minimum Gasteiger partial charge on any atom is -0.461 e. The zero-order valence-corrected chi connectivity index (χ0v) is 26.6. The molecule has 2 heterocycles. The molecule has 2 aliphatic heterocycles. The molecule has 4 saturated carbocycles. The van der Waals surface area contributed by atoms with E-state index < -0.39 is 0 Å². The quantitative estimate of drug-likeness (QED) is 0.340. The monoisotopic (exact) mass is 573 g/mol. The predicted octanol–water partition coefficient (Wildman–Crippen LogP) is 5.20. The van der Waals surface area contributed by atoms with Crippen molar-refractivity contribution >= 4 is 11.9 Å². The van der Waals surface area contributed by atoms with Crippen LogP contribution in [-0.2, 0) is 23.8 Å². The Hall–Kier alpha value is -1.18. The third-order valence-electron chi connectivity index (χ3n) is 13.6. The van der Waals surface area contributed by atoms with Gasteiger partial charge in [0.1, 0.15) is 12.1 Å². The number of esters is 2. The molecule has 0 radical (unpaired) electrons. The highest BCUT2D eigenvalue weighted by molar-refractivity contribution is 5.66. The first-order chi connectivity index (χ1) is 19.5. The van der Waals surface area contributed by atoms with E-state index in [1.807, 2.05) is 0 Å². The summed E-state index contributed by atoms with van der Waals surface area (Å²) in [5.41, 5.74) is 0.312. The van der Waals surface area contributed by atoms with Gasteiger partial charge in [0.25, 0.3) is 0 Å². The molecule has 0 bridgehead atoms. The molecular weight excluding hydrogens is 516 g/mol. The summed E-state index contributed by atoms with van der Waals surface area (Å²) >= 11 is 0. The lowest BCUT2D eigenvalue weighted by molar-refractivity contribution is -0.935. The first-order valence-corrected chi connectivity index (χ1v) is 17.1. The fourth-order valence-electron chi connectivity index (χ4n) is 11.6. The normalized spacial score (nSPS) is 46.4. The van der Waals surface area contributed by atoms with E-state index in [0.29, 0.717) is 29.7 Å². The lowest BCUT2D eigenvalue weighted by Gasteiger charge is -2.62. The van der Waals surface area contributed by atoms with E-state index in [9.17, 15) is 9.59 Å². The van der Waals surface area contributed by atoms with Gasteiger partial charge < -0.3 is 18.7 Å². The summed E-state index contributed by atoms with van der Waals surface area (Å²) in [6.45, 7) is 14.1. The molecule has 2 saturated heterocycles. The fraction of sp³-hybridized carbons (Fsp3) is 0.941. The van der Waals surface area contributed by atoms with E-state index in [-0.39, 0.29) is 41.0 Å². The Morgan fingerprint density at radius 3 is 2.20 bits per heavy atom. The van der Waals surface area contributed by atoms with E-state index >= 15 is 0 Å². The molecule has 6 rings (SSSR count). The number of morpholine rings is 1. The molecule has 0 aromatic rings. The molecule has 0 aromatic heterocycles. The number of hydrogen-bond donors (Lipinski definition) is 0. The molecule has 10 atom stereocenters. The van der Waals surface area contributed by atoms with Gasteiger partial charge in [-0.2, -0.15) is 0 Å². The van der Waals surface area contributed by atoms with Crippen molar-refractivity contribution in [1.29, 1.82) is 0 Å². The molecule has 7 nitrogen and oxygen atoms in total. The Labute approximate surface area is 248 Å². The van der Waals surface area contributed by atoms with Crippen LogP contribution in [-0.4, -0.2) is 92.1 Å². The van der Waals surface area contributed by atoms with Crippen molar-refractivity contribution in [2.24, 2.45) is 34.5 Å². The smallest absolute Gasteiger partial charge is 0.303 e. The Morgan fingerprint density at radius 2 is 1.54 bits per heavy atom. The summed E-state index contributed by atoms with van der Waals surface area (Å²) in [5.74, 6) is 2.35. The number of nitrogens with zero attached hydrogens (tertiary/aromatic N) is 2. The molecule has 7 heteroatoms. The van der Waals surface area contributed by atoms with Crippen LogP contribution in [0.5, 0.6) is 0 Å². The van der Waals surface area contributed by atoms with Crippen LogP contribution >= 0.6 is 0 Å². The topological polar surface area (TPSA) is 65.1 Å². The molecule has 0 N–H and O–H groups in total. The van der Waals surface area contributed by atoms with Crippen molar-refractivity contribution in [3.05, 3.63) is 0 Å². The van der Waals surface area contributed by atoms with Gasteiger partial charge in [-0.25, -0.2) is 0 Å². The van der Waals surface area contributed by atoms with Gasteiger partial charge in [-0.05, 0) is 93.3 Å². The van der Waals surface area contributed by atoms with E-state index in [1.54, 1.807) is 13.8 Å². The van der Waals surface area contributed by atoms with Crippen molar-refractivity contribution in [2.75, 3.05) is 46.4 Å². The summed E-state index contributed by atoms with van der Waals surface area (Å²) in [4.78, 5) is 27.3. The van der Waals surface area contributed by atoms with Crippen molar-refractivity contribution in [3.63, 3.8) is 0 Å². The van der Waals surface area contributed by atoms with Crippen LogP contribution in [0.3, 0.4) is 0 Å². The van der Waals surface area contributed by atoms with Crippen molar-refractivity contribution in [2.45, 2.75) is 123 Å². The number of fused-ring (bicyclic) bond motifs is 5. The second-order valence-electron chi connectivity index (χ2n) is 15.7. The number of carbonyl (C=O) groups is 2. The first-order valence-electron chi connectivity index (χ1n) is 17.1. The first kappa shape index (κ1) is 29.9. The van der Waals surface area contributed by atoms with Crippen LogP contribution in [0, 0.1) is 34.5 Å². The van der Waals surface area contributed by atoms with Crippen LogP contribution in [0.15, 0.2) is 0 Å². The summed E-state index contributed by atoms with van der Waals surface area (Å²) in [5, 5.41) is 0. The Morgan fingerprint density at radius 1 is 0.854 bits per heavy atom. The van der Waals surface area contributed by atoms with Crippen LogP contribution in [0.1, 0.15) is 98.3 Å². The maximum Gasteiger partial charge on any atom is 0.303 e. The minimum absolute atomic E-state index is 0.00854. The lowest BCUT2D eigenvalue weighted by Crippen LogP contribution is -2.61. The molecule has 0 amide bonds. The highest BCUT2D eigenvalue weighted by atomic mass is 16.5. The van der Waals surface area contributed by atoms with Crippen molar-refractivity contribution in [1.82, 2.24) is 4.90 Å². The molecule has 0 spiro atoms. The fourth-order valence-corrected chi connectivity index (χ4v) is 11.6. The highest BCUT2D eigenvalue weighted by Crippen LogP contribution is 2.67. The van der Waals surface area contributed by atoms with Crippen LogP contribution in [0.25, 0.3) is 0 Å². The zero-order valence-electron chi connectivity index (χ0n) is 26.6. The second-order valence-corrected chi connectivity index (χ2v) is 15.7. The maximum atomic E-state index is 12.6. The highest BCUT2D eigenvalue weighted by Gasteiger charge is 2.67. The molecule has 6 fully saturated rings. The minimum atomic E-state index is -0.141. The number of rotatable bonds is 4. The van der Waals surface area contributed by atoms with Crippen molar-refractivity contribution in [3.8, 4) is 0 Å². The van der Waals surface area contributed by atoms with Crippen LogP contribution in [0.4, 0.5) is 0 Å². The Balaban J connectivity index is 1.29. The number of likely N-dealkylation sites (tertiary alicyclic amines) is 1. The van der Waals surface area contributed by atoms with E-state index in [2.05, 4.69) is 25.8 Å². The number of hydrogen-bond acceptors (Lipinski definition) is 6. The average molecular weight is 574 g/mol. The van der Waals surface area contributed by atoms with Gasteiger partial charge in [-0.1, -0.05) is 13.8 Å².